The molecule has 0 saturated carbocycles. The van der Waals surface area contributed by atoms with Crippen LogP contribution in [0.2, 0.25) is 0 Å². The van der Waals surface area contributed by atoms with Crippen LogP contribution in [0.15, 0.2) is 0 Å². The number of nitrogens with zero attached hydrogens (tertiary/aromatic N) is 1. The molecular formula is C13H18N4O2S. The van der Waals surface area contributed by atoms with Gasteiger partial charge in [0.2, 0.25) is 0 Å². The summed E-state index contributed by atoms with van der Waals surface area (Å²) in [6.07, 6.45) is 0.674. The lowest BCUT2D eigenvalue weighted by Crippen LogP contribution is -2.33. The largest absolute Gasteiger partial charge is 0.370 e. The number of hydrogen-bond donors (Lipinski definition) is 3. The van der Waals surface area contributed by atoms with Gasteiger partial charge in [-0.3, -0.25) is 5.32 Å². The van der Waals surface area contributed by atoms with Crippen molar-refractivity contribution >= 4 is 22.4 Å². The SMILES string of the molecule is CC1(C)Cc2c(sc(NC(=O)NCCN)c2C#N)CO1. The monoisotopic (exact) mass is 294 g/mol. The predicted molar refractivity (Wildman–Crippen MR) is 77.7 cm³/mol. The second kappa shape index (κ2) is 5.79. The average Bonchev–Trinajstić information content (AvgIpc) is 2.71. The number of nitrogens with one attached hydrogen (secondary N) is 2. The standard InChI is InChI=1S/C13H18N4O2S/c1-13(2)5-8-9(6-15)11(20-10(8)7-19-13)17-12(18)16-4-3-14/h3-5,7,14H2,1-2H3,(H2,16,17,18). The third-order valence-corrected chi connectivity index (χ3v) is 4.18. The Morgan fingerprint density at radius 1 is 1.60 bits per heavy atom. The first-order valence-electron chi connectivity index (χ1n) is 6.40. The fourth-order valence-electron chi connectivity index (χ4n) is 2.09. The van der Waals surface area contributed by atoms with Gasteiger partial charge in [0.25, 0.3) is 0 Å². The third kappa shape index (κ3) is 3.10. The van der Waals surface area contributed by atoms with Gasteiger partial charge in [-0.15, -0.1) is 11.3 Å². The summed E-state index contributed by atoms with van der Waals surface area (Å²) < 4.78 is 5.73. The molecule has 0 fully saturated rings. The van der Waals surface area contributed by atoms with Gasteiger partial charge in [-0.05, 0) is 19.4 Å². The highest BCUT2D eigenvalue weighted by Gasteiger charge is 2.31. The van der Waals surface area contributed by atoms with E-state index in [4.69, 9.17) is 10.5 Å². The van der Waals surface area contributed by atoms with Gasteiger partial charge in [0.15, 0.2) is 0 Å². The third-order valence-electron chi connectivity index (χ3n) is 3.06. The number of nitriles is 1. The van der Waals surface area contributed by atoms with Crippen molar-refractivity contribution in [2.45, 2.75) is 32.5 Å². The number of thiophene rings is 1. The minimum atomic E-state index is -0.342. The fourth-order valence-corrected chi connectivity index (χ4v) is 3.17. The summed E-state index contributed by atoms with van der Waals surface area (Å²) in [6, 6.07) is 1.85. The predicted octanol–water partition coefficient (Wildman–Crippen LogP) is 1.55. The molecule has 1 aliphatic rings. The van der Waals surface area contributed by atoms with E-state index in [0.717, 1.165) is 10.4 Å². The van der Waals surface area contributed by atoms with E-state index in [2.05, 4.69) is 16.7 Å². The topological polar surface area (TPSA) is 100 Å². The number of fused-ring (bicyclic) bond motifs is 1. The molecule has 6 nitrogen and oxygen atoms in total. The maximum absolute atomic E-state index is 11.7. The van der Waals surface area contributed by atoms with Crippen molar-refractivity contribution in [1.29, 1.82) is 5.26 Å². The maximum Gasteiger partial charge on any atom is 0.319 e. The minimum Gasteiger partial charge on any atom is -0.370 e. The lowest BCUT2D eigenvalue weighted by molar-refractivity contribution is -0.0383. The molecule has 0 radical (unpaired) electrons. The summed E-state index contributed by atoms with van der Waals surface area (Å²) in [5.41, 5.74) is 6.58. The molecule has 1 aromatic heterocycles. The lowest BCUT2D eigenvalue weighted by Gasteiger charge is -2.29. The molecule has 0 atom stereocenters. The Morgan fingerprint density at radius 2 is 2.35 bits per heavy atom. The normalized spacial score (nSPS) is 16.1. The van der Waals surface area contributed by atoms with Crippen LogP contribution in [-0.2, 0) is 17.8 Å². The molecule has 4 N–H and O–H groups in total. The number of hydrogen-bond acceptors (Lipinski definition) is 5. The molecule has 108 valence electrons. The van der Waals surface area contributed by atoms with Gasteiger partial charge >= 0.3 is 6.03 Å². The van der Waals surface area contributed by atoms with Crippen LogP contribution in [0.5, 0.6) is 0 Å². The van der Waals surface area contributed by atoms with E-state index in [-0.39, 0.29) is 11.6 Å². The van der Waals surface area contributed by atoms with Gasteiger partial charge in [0, 0.05) is 24.4 Å². The molecule has 0 bridgehead atoms. The summed E-state index contributed by atoms with van der Waals surface area (Å²) in [5.74, 6) is 0. The van der Waals surface area contributed by atoms with Gasteiger partial charge in [0.1, 0.15) is 11.1 Å². The number of anilines is 1. The lowest BCUT2D eigenvalue weighted by atomic mass is 9.93. The van der Waals surface area contributed by atoms with E-state index in [1.807, 2.05) is 13.8 Å². The zero-order valence-electron chi connectivity index (χ0n) is 11.6. The van der Waals surface area contributed by atoms with Crippen LogP contribution in [-0.4, -0.2) is 24.7 Å². The van der Waals surface area contributed by atoms with Crippen molar-refractivity contribution in [3.8, 4) is 6.07 Å². The summed E-state index contributed by atoms with van der Waals surface area (Å²) in [7, 11) is 0. The first-order chi connectivity index (χ1) is 9.46. The zero-order chi connectivity index (χ0) is 14.8. The van der Waals surface area contributed by atoms with E-state index >= 15 is 0 Å². The summed E-state index contributed by atoms with van der Waals surface area (Å²) >= 11 is 1.40. The molecule has 0 spiro atoms. The van der Waals surface area contributed by atoms with Gasteiger partial charge < -0.3 is 15.8 Å². The average molecular weight is 294 g/mol. The van der Waals surface area contributed by atoms with E-state index in [1.54, 1.807) is 0 Å². The quantitative estimate of drug-likeness (QED) is 0.787. The summed E-state index contributed by atoms with van der Waals surface area (Å²) in [5, 5.41) is 15.3. The van der Waals surface area contributed by atoms with Crippen LogP contribution >= 0.6 is 11.3 Å². The Kier molecular flexibility index (Phi) is 4.28. The molecular weight excluding hydrogens is 276 g/mol. The smallest absolute Gasteiger partial charge is 0.319 e. The molecule has 2 rings (SSSR count). The maximum atomic E-state index is 11.7. The number of ether oxygens (including phenoxy) is 1. The Morgan fingerprint density at radius 3 is 3.00 bits per heavy atom. The molecule has 2 heterocycles. The van der Waals surface area contributed by atoms with Gasteiger partial charge in [-0.1, -0.05) is 0 Å². The number of amides is 2. The number of carbonyl (C=O) groups excluding carboxylic acids is 1. The molecule has 1 aliphatic heterocycles. The highest BCUT2D eigenvalue weighted by Crippen LogP contribution is 2.39. The molecule has 20 heavy (non-hydrogen) atoms. The number of carbonyl (C=O) groups is 1. The van der Waals surface area contributed by atoms with Crippen LogP contribution in [0.4, 0.5) is 9.80 Å². The van der Waals surface area contributed by atoms with Crippen LogP contribution in [0.25, 0.3) is 0 Å². The van der Waals surface area contributed by atoms with E-state index < -0.39 is 0 Å². The van der Waals surface area contributed by atoms with Crippen LogP contribution in [0, 0.1) is 11.3 Å². The molecule has 0 unspecified atom stereocenters. The number of nitrogens with two attached hydrogens (primary N) is 1. The Bertz CT molecular complexity index is 559. The second-order valence-electron chi connectivity index (χ2n) is 5.21. The highest BCUT2D eigenvalue weighted by atomic mass is 32.1. The Labute approximate surface area is 121 Å². The zero-order valence-corrected chi connectivity index (χ0v) is 12.4. The number of urea groups is 1. The van der Waals surface area contributed by atoms with Gasteiger partial charge in [-0.2, -0.15) is 5.26 Å². The summed E-state index contributed by atoms with van der Waals surface area (Å²) in [4.78, 5) is 12.7. The number of rotatable bonds is 3. The Balaban J connectivity index is 2.22. The van der Waals surface area contributed by atoms with Gasteiger partial charge in [0.05, 0.1) is 17.8 Å². The highest BCUT2D eigenvalue weighted by molar-refractivity contribution is 7.16. The van der Waals surface area contributed by atoms with Crippen LogP contribution in [0.3, 0.4) is 0 Å². The second-order valence-corrected chi connectivity index (χ2v) is 6.32. The van der Waals surface area contributed by atoms with E-state index in [0.29, 0.717) is 36.7 Å². The minimum absolute atomic E-state index is 0.279. The van der Waals surface area contributed by atoms with Crippen molar-refractivity contribution < 1.29 is 9.53 Å². The molecule has 1 aromatic rings. The van der Waals surface area contributed by atoms with Crippen molar-refractivity contribution in [2.75, 3.05) is 18.4 Å². The van der Waals surface area contributed by atoms with E-state index in [9.17, 15) is 10.1 Å². The van der Waals surface area contributed by atoms with E-state index in [1.165, 1.54) is 11.3 Å². The molecule has 7 heteroatoms. The van der Waals surface area contributed by atoms with Crippen LogP contribution < -0.4 is 16.4 Å². The first kappa shape index (κ1) is 14.8. The molecule has 0 aliphatic carbocycles. The van der Waals surface area contributed by atoms with Crippen molar-refractivity contribution in [1.82, 2.24) is 5.32 Å². The van der Waals surface area contributed by atoms with Crippen molar-refractivity contribution in [2.24, 2.45) is 5.73 Å². The van der Waals surface area contributed by atoms with Crippen LogP contribution in [0.1, 0.15) is 29.9 Å². The molecule has 0 saturated heterocycles. The fraction of sp³-hybridized carbons (Fsp3) is 0.538. The first-order valence-corrected chi connectivity index (χ1v) is 7.22. The molecule has 2 amide bonds. The Hall–Kier alpha value is -1.62. The summed E-state index contributed by atoms with van der Waals surface area (Å²) in [6.45, 7) is 5.25. The van der Waals surface area contributed by atoms with Crippen molar-refractivity contribution in [3.05, 3.63) is 16.0 Å². The molecule has 0 aromatic carbocycles. The van der Waals surface area contributed by atoms with Gasteiger partial charge in [-0.25, -0.2) is 4.79 Å². The van der Waals surface area contributed by atoms with Crippen molar-refractivity contribution in [3.63, 3.8) is 0 Å².